The quantitative estimate of drug-likeness (QED) is 0.685. The summed E-state index contributed by atoms with van der Waals surface area (Å²) < 4.78 is 5.71. The van der Waals surface area contributed by atoms with Crippen LogP contribution in [0.2, 0.25) is 0 Å². The van der Waals surface area contributed by atoms with E-state index in [1.165, 1.54) is 23.8 Å². The molecule has 6 nitrogen and oxygen atoms in total. The molecule has 3 heterocycles. The zero-order valence-electron chi connectivity index (χ0n) is 14.3. The number of benzene rings is 1. The summed E-state index contributed by atoms with van der Waals surface area (Å²) in [5, 5.41) is 4.11. The normalized spacial score (nSPS) is 15.7. The summed E-state index contributed by atoms with van der Waals surface area (Å²) in [6.45, 7) is 2.24. The minimum atomic E-state index is -0.0505. The summed E-state index contributed by atoms with van der Waals surface area (Å²) in [4.78, 5) is 22.6. The lowest BCUT2D eigenvalue weighted by atomic mass is 10.0. The molecule has 1 fully saturated rings. The van der Waals surface area contributed by atoms with E-state index in [4.69, 9.17) is 15.5 Å². The van der Waals surface area contributed by atoms with Crippen molar-refractivity contribution in [3.8, 4) is 17.0 Å². The van der Waals surface area contributed by atoms with Crippen molar-refractivity contribution in [3.63, 3.8) is 0 Å². The molecule has 2 aliphatic rings. The van der Waals surface area contributed by atoms with Gasteiger partial charge in [-0.3, -0.25) is 4.79 Å². The second kappa shape index (κ2) is 5.67. The van der Waals surface area contributed by atoms with Gasteiger partial charge in [-0.05, 0) is 24.5 Å². The zero-order valence-corrected chi connectivity index (χ0v) is 15.2. The minimum absolute atomic E-state index is 0.0505. The van der Waals surface area contributed by atoms with Crippen molar-refractivity contribution in [2.24, 2.45) is 0 Å². The number of Topliss-reactive ketones (excluding diaryl/α,β-unsaturated/α-hetero) is 1. The van der Waals surface area contributed by atoms with Crippen LogP contribution in [0.15, 0.2) is 18.2 Å². The fourth-order valence-electron chi connectivity index (χ4n) is 3.28. The lowest BCUT2D eigenvalue weighted by Gasteiger charge is -2.09. The van der Waals surface area contributed by atoms with Crippen molar-refractivity contribution in [2.45, 2.75) is 32.2 Å². The number of nitrogen functional groups attached to an aromatic ring is 1. The molecule has 0 amide bonds. The third-order valence-electron chi connectivity index (χ3n) is 4.79. The summed E-state index contributed by atoms with van der Waals surface area (Å²) >= 11 is 1.33. The number of rotatable bonds is 4. The van der Waals surface area contributed by atoms with Gasteiger partial charge in [-0.25, -0.2) is 9.97 Å². The monoisotopic (exact) mass is 366 g/mol. The molecule has 1 saturated carbocycles. The van der Waals surface area contributed by atoms with Crippen molar-refractivity contribution >= 4 is 39.0 Å². The molecule has 0 bridgehead atoms. The Labute approximate surface area is 154 Å². The molecule has 0 atom stereocenters. The molecule has 0 saturated heterocycles. The number of anilines is 2. The zero-order chi connectivity index (χ0) is 17.8. The van der Waals surface area contributed by atoms with E-state index in [9.17, 15) is 4.79 Å². The van der Waals surface area contributed by atoms with Crippen LogP contribution in [0.5, 0.6) is 5.75 Å². The minimum Gasteiger partial charge on any atom is -0.493 e. The number of carbonyl (C=O) groups excluding carboxylic acids is 1. The number of carbonyl (C=O) groups is 1. The molecule has 0 unspecified atom stereocenters. The Morgan fingerprint density at radius 3 is 2.96 bits per heavy atom. The highest BCUT2D eigenvalue weighted by molar-refractivity contribution is 7.21. The second-order valence-electron chi connectivity index (χ2n) is 6.82. The first-order valence-corrected chi connectivity index (χ1v) is 9.55. The van der Waals surface area contributed by atoms with E-state index in [0.717, 1.165) is 46.5 Å². The summed E-state index contributed by atoms with van der Waals surface area (Å²) in [5.74, 6) is 1.43. The molecular formula is C19H18N4O2S. The molecule has 0 radical (unpaired) electrons. The number of fused-ring (bicyclic) bond motifs is 2. The summed E-state index contributed by atoms with van der Waals surface area (Å²) in [6.07, 6.45) is 3.20. The van der Waals surface area contributed by atoms with Gasteiger partial charge in [-0.15, -0.1) is 11.3 Å². The van der Waals surface area contributed by atoms with Crippen LogP contribution in [-0.4, -0.2) is 28.4 Å². The maximum absolute atomic E-state index is 12.0. The third kappa shape index (κ3) is 2.50. The van der Waals surface area contributed by atoms with Gasteiger partial charge < -0.3 is 15.8 Å². The van der Waals surface area contributed by atoms with E-state index in [0.29, 0.717) is 29.2 Å². The van der Waals surface area contributed by atoms with Gasteiger partial charge in [-0.2, -0.15) is 0 Å². The van der Waals surface area contributed by atoms with Crippen molar-refractivity contribution in [2.75, 3.05) is 17.7 Å². The van der Waals surface area contributed by atoms with Gasteiger partial charge in [0.25, 0.3) is 0 Å². The van der Waals surface area contributed by atoms with Gasteiger partial charge in [0.1, 0.15) is 10.6 Å². The fourth-order valence-corrected chi connectivity index (χ4v) is 4.27. The topological polar surface area (TPSA) is 90.1 Å². The molecule has 1 aliphatic heterocycles. The van der Waals surface area contributed by atoms with Crippen LogP contribution in [0, 0.1) is 0 Å². The lowest BCUT2D eigenvalue weighted by molar-refractivity contribution is 0.102. The Kier molecular flexibility index (Phi) is 3.40. The lowest BCUT2D eigenvalue weighted by Crippen LogP contribution is -2.06. The van der Waals surface area contributed by atoms with Gasteiger partial charge in [0.15, 0.2) is 5.78 Å². The van der Waals surface area contributed by atoms with Crippen molar-refractivity contribution < 1.29 is 9.53 Å². The van der Waals surface area contributed by atoms with Crippen LogP contribution < -0.4 is 15.8 Å². The molecule has 0 spiro atoms. The molecule has 3 aromatic rings. The van der Waals surface area contributed by atoms with Crippen molar-refractivity contribution in [3.05, 3.63) is 28.6 Å². The summed E-state index contributed by atoms with van der Waals surface area (Å²) in [5.41, 5.74) is 9.66. The van der Waals surface area contributed by atoms with Gasteiger partial charge in [0, 0.05) is 24.9 Å². The highest BCUT2D eigenvalue weighted by atomic mass is 32.1. The van der Waals surface area contributed by atoms with Crippen molar-refractivity contribution in [1.82, 2.24) is 9.97 Å². The second-order valence-corrected chi connectivity index (χ2v) is 7.82. The molecule has 1 aromatic carbocycles. The number of ether oxygens (including phenoxy) is 1. The average molecular weight is 366 g/mol. The van der Waals surface area contributed by atoms with Crippen LogP contribution >= 0.6 is 11.3 Å². The van der Waals surface area contributed by atoms with E-state index in [-0.39, 0.29) is 5.78 Å². The average Bonchev–Trinajstić information content (AvgIpc) is 3.19. The predicted octanol–water partition coefficient (Wildman–Crippen LogP) is 3.65. The smallest absolute Gasteiger partial charge is 0.224 e. The number of aromatic nitrogens is 2. The molecule has 132 valence electrons. The molecular weight excluding hydrogens is 348 g/mol. The molecule has 5 rings (SSSR count). The molecule has 3 N–H and O–H groups in total. The number of hydrogen-bond donors (Lipinski definition) is 2. The molecule has 7 heteroatoms. The molecule has 1 aliphatic carbocycles. The van der Waals surface area contributed by atoms with Gasteiger partial charge in [-0.1, -0.05) is 12.1 Å². The number of nitrogens with zero attached hydrogens (tertiary/aromatic N) is 2. The maximum atomic E-state index is 12.0. The Hall–Kier alpha value is -2.67. The van der Waals surface area contributed by atoms with Crippen LogP contribution in [0.25, 0.3) is 21.5 Å². The van der Waals surface area contributed by atoms with Crippen LogP contribution in [0.4, 0.5) is 11.6 Å². The van der Waals surface area contributed by atoms with E-state index in [1.807, 2.05) is 12.1 Å². The first kappa shape index (κ1) is 15.6. The first-order chi connectivity index (χ1) is 12.6. The van der Waals surface area contributed by atoms with Gasteiger partial charge in [0.05, 0.1) is 28.3 Å². The highest BCUT2D eigenvalue weighted by Gasteiger charge is 2.25. The Morgan fingerprint density at radius 2 is 2.19 bits per heavy atom. The number of thiophene rings is 1. The van der Waals surface area contributed by atoms with E-state index < -0.39 is 0 Å². The number of hydrogen-bond acceptors (Lipinski definition) is 7. The van der Waals surface area contributed by atoms with Gasteiger partial charge >= 0.3 is 0 Å². The predicted molar refractivity (Wildman–Crippen MR) is 103 cm³/mol. The Morgan fingerprint density at radius 1 is 1.35 bits per heavy atom. The largest absolute Gasteiger partial charge is 0.493 e. The standard InChI is InChI=1S/C19H18N4O2S/c1-9(24)17-15(20)14-16(11-3-2-10-6-7-25-13(10)8-11)22-19(21-12-4-5-12)23-18(14)26-17/h2-3,8,12H,4-7,20H2,1H3,(H,21,22,23). The Balaban J connectivity index is 1.74. The molecule has 2 aromatic heterocycles. The van der Waals surface area contributed by atoms with Gasteiger partial charge in [0.2, 0.25) is 5.95 Å². The van der Waals surface area contributed by atoms with Crippen LogP contribution in [0.1, 0.15) is 35.0 Å². The van der Waals surface area contributed by atoms with Crippen LogP contribution in [0.3, 0.4) is 0 Å². The van der Waals surface area contributed by atoms with E-state index in [1.54, 1.807) is 0 Å². The van der Waals surface area contributed by atoms with Crippen molar-refractivity contribution in [1.29, 1.82) is 0 Å². The van der Waals surface area contributed by atoms with Crippen LogP contribution in [-0.2, 0) is 6.42 Å². The highest BCUT2D eigenvalue weighted by Crippen LogP contribution is 2.41. The van der Waals surface area contributed by atoms with E-state index >= 15 is 0 Å². The number of nitrogens with one attached hydrogen (secondary N) is 1. The van der Waals surface area contributed by atoms with E-state index in [2.05, 4.69) is 16.4 Å². The summed E-state index contributed by atoms with van der Waals surface area (Å²) in [7, 11) is 0. The number of ketones is 1. The molecule has 26 heavy (non-hydrogen) atoms. The Bertz CT molecular complexity index is 1060. The maximum Gasteiger partial charge on any atom is 0.224 e. The SMILES string of the molecule is CC(=O)c1sc2nc(NC3CC3)nc(-c3ccc4c(c3)OCC4)c2c1N. The third-order valence-corrected chi connectivity index (χ3v) is 5.99. The first-order valence-electron chi connectivity index (χ1n) is 8.74. The summed E-state index contributed by atoms with van der Waals surface area (Å²) in [6, 6.07) is 6.57. The fraction of sp³-hybridized carbons (Fsp3) is 0.316. The number of nitrogens with two attached hydrogens (primary N) is 1.